The Morgan fingerprint density at radius 1 is 1.17 bits per heavy atom. The van der Waals surface area contributed by atoms with E-state index in [2.05, 4.69) is 5.32 Å². The van der Waals surface area contributed by atoms with Crippen molar-refractivity contribution < 1.29 is 14.5 Å². The number of carbonyl (C=O) groups is 2. The van der Waals surface area contributed by atoms with Gasteiger partial charge in [0.25, 0.3) is 11.6 Å². The van der Waals surface area contributed by atoms with Crippen LogP contribution in [0.1, 0.15) is 20.7 Å². The summed E-state index contributed by atoms with van der Waals surface area (Å²) in [5.41, 5.74) is 6.33. The number of hydrogen-bond donors (Lipinski definition) is 2. The van der Waals surface area contributed by atoms with Crippen LogP contribution in [0.3, 0.4) is 0 Å². The van der Waals surface area contributed by atoms with Crippen LogP contribution in [0.5, 0.6) is 0 Å². The van der Waals surface area contributed by atoms with E-state index in [9.17, 15) is 19.7 Å². The highest BCUT2D eigenvalue weighted by Gasteiger charge is 2.18. The molecule has 0 unspecified atom stereocenters. The molecule has 0 aliphatic heterocycles. The number of rotatable bonds is 5. The second kappa shape index (κ2) is 6.78. The van der Waals surface area contributed by atoms with E-state index in [0.717, 1.165) is 0 Å². The number of carbonyl (C=O) groups excluding carboxylic acids is 2. The summed E-state index contributed by atoms with van der Waals surface area (Å²) in [6.45, 7) is 0. The molecule has 8 heteroatoms. The number of nitrogens with one attached hydrogen (secondary N) is 1. The molecule has 124 valence electrons. The van der Waals surface area contributed by atoms with Crippen LogP contribution in [0.15, 0.2) is 42.5 Å². The van der Waals surface area contributed by atoms with Crippen LogP contribution < -0.4 is 16.0 Å². The zero-order valence-electron chi connectivity index (χ0n) is 13.1. The number of non-ortho nitro benzene ring substituents is 1. The van der Waals surface area contributed by atoms with E-state index in [4.69, 9.17) is 5.73 Å². The van der Waals surface area contributed by atoms with Gasteiger partial charge in [0.1, 0.15) is 0 Å². The Hall–Kier alpha value is -3.42. The number of nitrogens with two attached hydrogens (primary N) is 1. The van der Waals surface area contributed by atoms with E-state index in [1.807, 2.05) is 0 Å². The van der Waals surface area contributed by atoms with Crippen LogP contribution >= 0.6 is 0 Å². The van der Waals surface area contributed by atoms with Crippen molar-refractivity contribution in [1.82, 2.24) is 0 Å². The van der Waals surface area contributed by atoms with Gasteiger partial charge < -0.3 is 16.0 Å². The Bertz CT molecular complexity index is 817. The van der Waals surface area contributed by atoms with Crippen LogP contribution in [-0.2, 0) is 0 Å². The molecule has 0 aliphatic carbocycles. The van der Waals surface area contributed by atoms with Gasteiger partial charge in [-0.1, -0.05) is 6.07 Å². The second-order valence-electron chi connectivity index (χ2n) is 5.25. The lowest BCUT2D eigenvalue weighted by Crippen LogP contribution is -2.19. The summed E-state index contributed by atoms with van der Waals surface area (Å²) in [5, 5.41) is 13.6. The van der Waals surface area contributed by atoms with Gasteiger partial charge in [-0.15, -0.1) is 0 Å². The third-order valence-electron chi connectivity index (χ3n) is 3.32. The molecule has 0 heterocycles. The fraction of sp³-hybridized carbons (Fsp3) is 0.125. The molecule has 0 atom stereocenters. The minimum atomic E-state index is -0.615. The van der Waals surface area contributed by atoms with Crippen LogP contribution in [0.4, 0.5) is 17.1 Å². The molecule has 3 N–H and O–H groups in total. The molecule has 0 saturated carbocycles. The Morgan fingerprint density at radius 3 is 2.46 bits per heavy atom. The summed E-state index contributed by atoms with van der Waals surface area (Å²) < 4.78 is 0. The monoisotopic (exact) mass is 328 g/mol. The summed E-state index contributed by atoms with van der Waals surface area (Å²) >= 11 is 0. The molecule has 8 nitrogen and oxygen atoms in total. The molecule has 2 aromatic carbocycles. The average molecular weight is 328 g/mol. The average Bonchev–Trinajstić information content (AvgIpc) is 2.54. The largest absolute Gasteiger partial charge is 0.377 e. The van der Waals surface area contributed by atoms with Crippen LogP contribution in [0.25, 0.3) is 0 Å². The van der Waals surface area contributed by atoms with Crippen molar-refractivity contribution >= 4 is 28.9 Å². The van der Waals surface area contributed by atoms with Crippen molar-refractivity contribution in [2.24, 2.45) is 5.73 Å². The summed E-state index contributed by atoms with van der Waals surface area (Å²) in [6, 6.07) is 10.2. The lowest BCUT2D eigenvalue weighted by atomic mass is 10.1. The highest BCUT2D eigenvalue weighted by molar-refractivity contribution is 6.09. The molecule has 0 aromatic heterocycles. The molecule has 0 spiro atoms. The maximum absolute atomic E-state index is 12.5. The number of nitro benzene ring substituents is 1. The lowest BCUT2D eigenvalue weighted by Gasteiger charge is -2.17. The predicted octanol–water partition coefficient (Wildman–Crippen LogP) is 2.01. The van der Waals surface area contributed by atoms with Crippen molar-refractivity contribution in [3.05, 3.63) is 63.7 Å². The van der Waals surface area contributed by atoms with Crippen LogP contribution in [0, 0.1) is 10.1 Å². The van der Waals surface area contributed by atoms with E-state index in [1.54, 1.807) is 31.1 Å². The van der Waals surface area contributed by atoms with Gasteiger partial charge in [0.15, 0.2) is 0 Å². The maximum Gasteiger partial charge on any atom is 0.270 e. The van der Waals surface area contributed by atoms with E-state index in [1.165, 1.54) is 30.3 Å². The van der Waals surface area contributed by atoms with Crippen molar-refractivity contribution in [1.29, 1.82) is 0 Å². The number of benzene rings is 2. The van der Waals surface area contributed by atoms with Crippen LogP contribution in [-0.4, -0.2) is 30.8 Å². The molecule has 0 radical (unpaired) electrons. The lowest BCUT2D eigenvalue weighted by molar-refractivity contribution is -0.384. The molecule has 2 amide bonds. The van der Waals surface area contributed by atoms with E-state index in [0.29, 0.717) is 11.4 Å². The number of nitrogens with zero attached hydrogens (tertiary/aromatic N) is 2. The summed E-state index contributed by atoms with van der Waals surface area (Å²) in [4.78, 5) is 35.8. The number of amides is 2. The Labute approximate surface area is 138 Å². The van der Waals surface area contributed by atoms with Crippen LogP contribution in [0.2, 0.25) is 0 Å². The van der Waals surface area contributed by atoms with Crippen molar-refractivity contribution in [2.75, 3.05) is 24.3 Å². The van der Waals surface area contributed by atoms with Crippen molar-refractivity contribution in [3.63, 3.8) is 0 Å². The second-order valence-corrected chi connectivity index (χ2v) is 5.25. The zero-order valence-corrected chi connectivity index (χ0v) is 13.1. The van der Waals surface area contributed by atoms with Gasteiger partial charge in [0, 0.05) is 43.2 Å². The Balaban J connectivity index is 2.38. The molecule has 0 aliphatic rings. The molecular weight excluding hydrogens is 312 g/mol. The van der Waals surface area contributed by atoms with Crippen molar-refractivity contribution in [2.45, 2.75) is 0 Å². The summed E-state index contributed by atoms with van der Waals surface area (Å²) in [5.74, 6) is -1.14. The molecule has 0 bridgehead atoms. The first-order chi connectivity index (χ1) is 11.3. The number of nitro groups is 1. The number of anilines is 2. The highest BCUT2D eigenvalue weighted by atomic mass is 16.6. The van der Waals surface area contributed by atoms with Crippen molar-refractivity contribution in [3.8, 4) is 0 Å². The number of hydrogen-bond acceptors (Lipinski definition) is 5. The van der Waals surface area contributed by atoms with E-state index < -0.39 is 16.7 Å². The van der Waals surface area contributed by atoms with Gasteiger partial charge in [-0.05, 0) is 24.3 Å². The van der Waals surface area contributed by atoms with Gasteiger partial charge in [-0.3, -0.25) is 19.7 Å². The Morgan fingerprint density at radius 2 is 1.88 bits per heavy atom. The molecule has 2 rings (SSSR count). The first-order valence-corrected chi connectivity index (χ1v) is 6.96. The molecule has 0 saturated heterocycles. The smallest absolute Gasteiger partial charge is 0.270 e. The maximum atomic E-state index is 12.5. The third-order valence-corrected chi connectivity index (χ3v) is 3.32. The normalized spacial score (nSPS) is 10.1. The minimum absolute atomic E-state index is 0.152. The van der Waals surface area contributed by atoms with Gasteiger partial charge in [0.05, 0.1) is 10.5 Å². The molecule has 24 heavy (non-hydrogen) atoms. The molecular formula is C16H16N4O4. The SMILES string of the molecule is CN(C)c1ccc([N+](=O)[O-])cc1C(=O)Nc1cccc(C(N)=O)c1. The van der Waals surface area contributed by atoms with Gasteiger partial charge in [-0.25, -0.2) is 0 Å². The Kier molecular flexibility index (Phi) is 4.78. The number of primary amides is 1. The fourth-order valence-electron chi connectivity index (χ4n) is 2.16. The van der Waals surface area contributed by atoms with Gasteiger partial charge in [0.2, 0.25) is 5.91 Å². The van der Waals surface area contributed by atoms with Gasteiger partial charge in [-0.2, -0.15) is 0 Å². The first-order valence-electron chi connectivity index (χ1n) is 6.96. The topological polar surface area (TPSA) is 119 Å². The quantitative estimate of drug-likeness (QED) is 0.643. The van der Waals surface area contributed by atoms with E-state index >= 15 is 0 Å². The summed E-state index contributed by atoms with van der Waals surface area (Å²) in [7, 11) is 3.46. The van der Waals surface area contributed by atoms with Gasteiger partial charge >= 0.3 is 0 Å². The zero-order chi connectivity index (χ0) is 17.9. The summed E-state index contributed by atoms with van der Waals surface area (Å²) in [6.07, 6.45) is 0. The minimum Gasteiger partial charge on any atom is -0.377 e. The predicted molar refractivity (Wildman–Crippen MR) is 90.3 cm³/mol. The first kappa shape index (κ1) is 16.9. The highest BCUT2D eigenvalue weighted by Crippen LogP contribution is 2.25. The van der Waals surface area contributed by atoms with E-state index in [-0.39, 0.29) is 16.8 Å². The standard InChI is InChI=1S/C16H16N4O4/c1-19(2)14-7-6-12(20(23)24)9-13(14)16(22)18-11-5-3-4-10(8-11)15(17)21/h3-9H,1-2H3,(H2,17,21)(H,18,22). The third kappa shape index (κ3) is 3.67. The molecule has 2 aromatic rings. The molecule has 0 fully saturated rings. The fourth-order valence-corrected chi connectivity index (χ4v) is 2.16.